The van der Waals surface area contributed by atoms with Crippen LogP contribution in [-0.4, -0.2) is 18.6 Å². The minimum Gasteiger partial charge on any atom is -0.494 e. The molecule has 0 aliphatic heterocycles. The number of benzene rings is 1. The van der Waals surface area contributed by atoms with Gasteiger partial charge in [-0.1, -0.05) is 25.8 Å². The maximum atomic E-state index is 12.3. The van der Waals surface area contributed by atoms with E-state index in [1.807, 2.05) is 24.3 Å². The monoisotopic (exact) mass is 276 g/mol. The summed E-state index contributed by atoms with van der Waals surface area (Å²) in [6.45, 7) is 2.75. The van der Waals surface area contributed by atoms with Gasteiger partial charge in [0.15, 0.2) is 0 Å². The van der Waals surface area contributed by atoms with E-state index >= 15 is 0 Å². The Bertz CT molecular complexity index is 448. The van der Waals surface area contributed by atoms with Crippen LogP contribution in [0.1, 0.15) is 39.0 Å². The standard InChI is InChI=1S/C16H24N2O2/c1-2-10-20-13-7-5-6-12(11-13)18-16(19)14-8-3-4-9-15(14)17/h5-7,11,14-15H,2-4,8-10,17H2,1H3,(H,18,19). The summed E-state index contributed by atoms with van der Waals surface area (Å²) in [6.07, 6.45) is 5.01. The van der Waals surface area contributed by atoms with Crippen molar-refractivity contribution in [2.24, 2.45) is 11.7 Å². The molecule has 4 nitrogen and oxygen atoms in total. The molecule has 2 unspecified atom stereocenters. The van der Waals surface area contributed by atoms with Crippen LogP contribution >= 0.6 is 0 Å². The van der Waals surface area contributed by atoms with Gasteiger partial charge in [-0.05, 0) is 31.4 Å². The Morgan fingerprint density at radius 2 is 2.20 bits per heavy atom. The number of amides is 1. The van der Waals surface area contributed by atoms with E-state index < -0.39 is 0 Å². The summed E-state index contributed by atoms with van der Waals surface area (Å²) in [7, 11) is 0. The van der Waals surface area contributed by atoms with Crippen molar-refractivity contribution in [2.75, 3.05) is 11.9 Å². The second-order valence-corrected chi connectivity index (χ2v) is 5.42. The molecule has 0 aromatic heterocycles. The van der Waals surface area contributed by atoms with Gasteiger partial charge < -0.3 is 15.8 Å². The third-order valence-electron chi connectivity index (χ3n) is 3.73. The van der Waals surface area contributed by atoms with Crippen molar-refractivity contribution in [3.8, 4) is 5.75 Å². The average molecular weight is 276 g/mol. The molecular weight excluding hydrogens is 252 g/mol. The first-order valence-corrected chi connectivity index (χ1v) is 7.50. The van der Waals surface area contributed by atoms with Gasteiger partial charge in [-0.2, -0.15) is 0 Å². The van der Waals surface area contributed by atoms with Gasteiger partial charge in [-0.3, -0.25) is 4.79 Å². The summed E-state index contributed by atoms with van der Waals surface area (Å²) < 4.78 is 5.57. The summed E-state index contributed by atoms with van der Waals surface area (Å²) in [5.41, 5.74) is 6.82. The first-order valence-electron chi connectivity index (χ1n) is 7.50. The molecule has 20 heavy (non-hydrogen) atoms. The van der Waals surface area contributed by atoms with Crippen LogP contribution in [0, 0.1) is 5.92 Å². The molecule has 2 rings (SSSR count). The van der Waals surface area contributed by atoms with Crippen molar-refractivity contribution in [2.45, 2.75) is 45.1 Å². The Labute approximate surface area is 120 Å². The number of rotatable bonds is 5. The van der Waals surface area contributed by atoms with E-state index in [4.69, 9.17) is 10.5 Å². The van der Waals surface area contributed by atoms with E-state index in [2.05, 4.69) is 12.2 Å². The van der Waals surface area contributed by atoms with Gasteiger partial charge in [0.2, 0.25) is 5.91 Å². The zero-order valence-electron chi connectivity index (χ0n) is 12.1. The van der Waals surface area contributed by atoms with E-state index in [0.717, 1.165) is 43.5 Å². The Morgan fingerprint density at radius 1 is 1.40 bits per heavy atom. The van der Waals surface area contributed by atoms with Crippen LogP contribution in [0.25, 0.3) is 0 Å². The van der Waals surface area contributed by atoms with Crippen LogP contribution in [0.2, 0.25) is 0 Å². The summed E-state index contributed by atoms with van der Waals surface area (Å²) in [5.74, 6) is 0.756. The fourth-order valence-electron chi connectivity index (χ4n) is 2.60. The first-order chi connectivity index (χ1) is 9.70. The first kappa shape index (κ1) is 14.9. The van der Waals surface area contributed by atoms with Crippen molar-refractivity contribution in [1.29, 1.82) is 0 Å². The number of nitrogens with two attached hydrogens (primary N) is 1. The Hall–Kier alpha value is -1.55. The second kappa shape index (κ2) is 7.29. The van der Waals surface area contributed by atoms with Crippen LogP contribution < -0.4 is 15.8 Å². The summed E-state index contributed by atoms with van der Waals surface area (Å²) in [6, 6.07) is 7.52. The molecule has 1 aliphatic rings. The smallest absolute Gasteiger partial charge is 0.229 e. The third kappa shape index (κ3) is 3.97. The number of carbonyl (C=O) groups excluding carboxylic acids is 1. The van der Waals surface area contributed by atoms with Crippen molar-refractivity contribution in [3.05, 3.63) is 24.3 Å². The van der Waals surface area contributed by atoms with E-state index in [1.54, 1.807) is 0 Å². The molecule has 1 aliphatic carbocycles. The van der Waals surface area contributed by atoms with Gasteiger partial charge in [0.1, 0.15) is 5.75 Å². The van der Waals surface area contributed by atoms with Gasteiger partial charge in [0, 0.05) is 17.8 Å². The number of nitrogens with one attached hydrogen (secondary N) is 1. The van der Waals surface area contributed by atoms with Crippen molar-refractivity contribution < 1.29 is 9.53 Å². The molecule has 1 fully saturated rings. The number of hydrogen-bond donors (Lipinski definition) is 2. The van der Waals surface area contributed by atoms with Crippen LogP contribution in [0.5, 0.6) is 5.75 Å². The molecular formula is C16H24N2O2. The molecule has 0 heterocycles. The van der Waals surface area contributed by atoms with Crippen LogP contribution in [-0.2, 0) is 4.79 Å². The van der Waals surface area contributed by atoms with Gasteiger partial charge in [0.25, 0.3) is 0 Å². The molecule has 1 aromatic carbocycles. The highest BCUT2D eigenvalue weighted by atomic mass is 16.5. The van der Waals surface area contributed by atoms with Crippen molar-refractivity contribution in [1.82, 2.24) is 0 Å². The predicted molar refractivity (Wildman–Crippen MR) is 80.8 cm³/mol. The van der Waals surface area contributed by atoms with Crippen molar-refractivity contribution >= 4 is 11.6 Å². The van der Waals surface area contributed by atoms with Gasteiger partial charge in [-0.25, -0.2) is 0 Å². The van der Waals surface area contributed by atoms with Crippen LogP contribution in [0.3, 0.4) is 0 Å². The molecule has 0 bridgehead atoms. The van der Waals surface area contributed by atoms with Gasteiger partial charge >= 0.3 is 0 Å². The minimum atomic E-state index is -0.0658. The molecule has 0 radical (unpaired) electrons. The van der Waals surface area contributed by atoms with E-state index in [0.29, 0.717) is 6.61 Å². The lowest BCUT2D eigenvalue weighted by molar-refractivity contribution is -0.121. The molecule has 1 amide bonds. The second-order valence-electron chi connectivity index (χ2n) is 5.42. The fraction of sp³-hybridized carbons (Fsp3) is 0.562. The lowest BCUT2D eigenvalue weighted by Crippen LogP contribution is -2.40. The van der Waals surface area contributed by atoms with Gasteiger partial charge in [0.05, 0.1) is 12.5 Å². The highest BCUT2D eigenvalue weighted by Crippen LogP contribution is 2.25. The van der Waals surface area contributed by atoms with E-state index in [1.165, 1.54) is 0 Å². The summed E-state index contributed by atoms with van der Waals surface area (Å²) in [5, 5.41) is 2.96. The molecule has 0 saturated heterocycles. The number of anilines is 1. The molecule has 0 spiro atoms. The van der Waals surface area contributed by atoms with Gasteiger partial charge in [-0.15, -0.1) is 0 Å². The average Bonchev–Trinajstić information content (AvgIpc) is 2.46. The third-order valence-corrected chi connectivity index (χ3v) is 3.73. The van der Waals surface area contributed by atoms with E-state index in [-0.39, 0.29) is 17.9 Å². The Kier molecular flexibility index (Phi) is 5.41. The normalized spacial score (nSPS) is 22.3. The topological polar surface area (TPSA) is 64.3 Å². The minimum absolute atomic E-state index is 0.0109. The van der Waals surface area contributed by atoms with Crippen LogP contribution in [0.4, 0.5) is 5.69 Å². The number of carbonyl (C=O) groups is 1. The number of hydrogen-bond acceptors (Lipinski definition) is 3. The lowest BCUT2D eigenvalue weighted by Gasteiger charge is -2.27. The number of ether oxygens (including phenoxy) is 1. The molecule has 4 heteroatoms. The maximum Gasteiger partial charge on any atom is 0.229 e. The zero-order valence-corrected chi connectivity index (χ0v) is 12.1. The largest absolute Gasteiger partial charge is 0.494 e. The predicted octanol–water partition coefficient (Wildman–Crippen LogP) is 2.93. The SMILES string of the molecule is CCCOc1cccc(NC(=O)C2CCCCC2N)c1. The molecule has 3 N–H and O–H groups in total. The lowest BCUT2D eigenvalue weighted by atomic mass is 9.84. The molecule has 1 aromatic rings. The highest BCUT2D eigenvalue weighted by Gasteiger charge is 2.28. The molecule has 2 atom stereocenters. The van der Waals surface area contributed by atoms with E-state index in [9.17, 15) is 4.79 Å². The molecule has 110 valence electrons. The molecule has 1 saturated carbocycles. The quantitative estimate of drug-likeness (QED) is 0.869. The zero-order chi connectivity index (χ0) is 14.4. The Morgan fingerprint density at radius 3 is 2.95 bits per heavy atom. The fourth-order valence-corrected chi connectivity index (χ4v) is 2.60. The maximum absolute atomic E-state index is 12.3. The van der Waals surface area contributed by atoms with Crippen LogP contribution in [0.15, 0.2) is 24.3 Å². The van der Waals surface area contributed by atoms with Crippen molar-refractivity contribution in [3.63, 3.8) is 0 Å². The summed E-state index contributed by atoms with van der Waals surface area (Å²) >= 11 is 0. The Balaban J connectivity index is 1.96. The summed E-state index contributed by atoms with van der Waals surface area (Å²) in [4.78, 5) is 12.3. The highest BCUT2D eigenvalue weighted by molar-refractivity contribution is 5.93.